The highest BCUT2D eigenvalue weighted by molar-refractivity contribution is 9.09. The molecular weight excluding hydrogens is 371 g/mol. The maximum absolute atomic E-state index is 12.6. The summed E-state index contributed by atoms with van der Waals surface area (Å²) in [5, 5.41) is 0. The lowest BCUT2D eigenvalue weighted by molar-refractivity contribution is -0.137. The second-order valence-electron chi connectivity index (χ2n) is 5.10. The first-order valence-electron chi connectivity index (χ1n) is 6.52. The van der Waals surface area contributed by atoms with Gasteiger partial charge in [-0.2, -0.15) is 13.2 Å². The molecule has 0 heterocycles. The van der Waals surface area contributed by atoms with Gasteiger partial charge in [0, 0.05) is 10.9 Å². The zero-order chi connectivity index (χ0) is 15.7. The van der Waals surface area contributed by atoms with Crippen LogP contribution in [0.2, 0.25) is 0 Å². The molecule has 0 amide bonds. The fraction of sp³-hybridized carbons (Fsp3) is 0.538. The van der Waals surface area contributed by atoms with Crippen molar-refractivity contribution in [1.29, 1.82) is 0 Å². The minimum absolute atomic E-state index is 0.224. The van der Waals surface area contributed by atoms with E-state index >= 15 is 0 Å². The fourth-order valence-corrected chi connectivity index (χ4v) is 4.18. The van der Waals surface area contributed by atoms with E-state index in [0.29, 0.717) is 23.7 Å². The van der Waals surface area contributed by atoms with Crippen LogP contribution < -0.4 is 4.72 Å². The van der Waals surface area contributed by atoms with Gasteiger partial charge in [0.1, 0.15) is 0 Å². The number of halogens is 4. The molecule has 1 aromatic rings. The van der Waals surface area contributed by atoms with Gasteiger partial charge in [-0.3, -0.25) is 0 Å². The van der Waals surface area contributed by atoms with Crippen molar-refractivity contribution in [3.05, 3.63) is 29.8 Å². The van der Waals surface area contributed by atoms with Crippen LogP contribution in [0.4, 0.5) is 13.2 Å². The van der Waals surface area contributed by atoms with E-state index in [-0.39, 0.29) is 10.9 Å². The number of rotatable bonds is 3. The van der Waals surface area contributed by atoms with Crippen molar-refractivity contribution in [1.82, 2.24) is 4.72 Å². The molecule has 0 aliphatic heterocycles. The van der Waals surface area contributed by atoms with Crippen LogP contribution in [-0.2, 0) is 16.2 Å². The number of benzene rings is 1. The maximum Gasteiger partial charge on any atom is 0.416 e. The molecule has 1 N–H and O–H groups in total. The SMILES string of the molecule is O=S(=O)(NC1CCC(Br)CC1)c1cccc(C(F)(F)F)c1. The number of alkyl halides is 4. The summed E-state index contributed by atoms with van der Waals surface area (Å²) >= 11 is 3.47. The molecule has 0 saturated heterocycles. The van der Waals surface area contributed by atoms with Crippen molar-refractivity contribution in [2.75, 3.05) is 0 Å². The minimum atomic E-state index is -4.56. The highest BCUT2D eigenvalue weighted by Gasteiger charge is 2.32. The van der Waals surface area contributed by atoms with Crippen molar-refractivity contribution in [2.24, 2.45) is 0 Å². The molecule has 0 radical (unpaired) electrons. The molecule has 0 spiro atoms. The predicted molar refractivity (Wildman–Crippen MR) is 76.7 cm³/mol. The van der Waals surface area contributed by atoms with Crippen molar-refractivity contribution in [2.45, 2.75) is 47.6 Å². The van der Waals surface area contributed by atoms with E-state index < -0.39 is 21.8 Å². The standard InChI is InChI=1S/C13H15BrF3NO2S/c14-10-4-6-11(7-5-10)18-21(19,20)12-3-1-2-9(8-12)13(15,16)17/h1-3,8,10-11,18H,4-7H2. The smallest absolute Gasteiger partial charge is 0.208 e. The molecule has 1 aromatic carbocycles. The number of hydrogen-bond donors (Lipinski definition) is 1. The van der Waals surface area contributed by atoms with Crippen molar-refractivity contribution in [3.63, 3.8) is 0 Å². The zero-order valence-corrected chi connectivity index (χ0v) is 13.4. The Morgan fingerprint density at radius 2 is 1.76 bits per heavy atom. The summed E-state index contributed by atoms with van der Waals surface area (Å²) in [6.07, 6.45) is -1.52. The molecule has 2 rings (SSSR count). The third kappa shape index (κ3) is 4.43. The summed E-state index contributed by atoms with van der Waals surface area (Å²) in [6, 6.07) is 3.58. The lowest BCUT2D eigenvalue weighted by Gasteiger charge is -2.25. The van der Waals surface area contributed by atoms with Gasteiger partial charge in [0.15, 0.2) is 0 Å². The van der Waals surface area contributed by atoms with E-state index in [1.54, 1.807) is 0 Å². The van der Waals surface area contributed by atoms with Crippen LogP contribution in [0.25, 0.3) is 0 Å². The maximum atomic E-state index is 12.6. The molecule has 0 atom stereocenters. The van der Waals surface area contributed by atoms with Gasteiger partial charge in [-0.1, -0.05) is 22.0 Å². The molecule has 8 heteroatoms. The predicted octanol–water partition coefficient (Wildman–Crippen LogP) is 3.69. The van der Waals surface area contributed by atoms with E-state index in [4.69, 9.17) is 0 Å². The average Bonchev–Trinajstić information content (AvgIpc) is 2.40. The van der Waals surface area contributed by atoms with Gasteiger partial charge in [-0.25, -0.2) is 13.1 Å². The topological polar surface area (TPSA) is 46.2 Å². The largest absolute Gasteiger partial charge is 0.416 e. The first-order valence-corrected chi connectivity index (χ1v) is 8.92. The van der Waals surface area contributed by atoms with E-state index in [1.165, 1.54) is 6.07 Å². The lowest BCUT2D eigenvalue weighted by Crippen LogP contribution is -2.37. The van der Waals surface area contributed by atoms with Gasteiger partial charge in [-0.15, -0.1) is 0 Å². The minimum Gasteiger partial charge on any atom is -0.208 e. The Morgan fingerprint density at radius 3 is 2.33 bits per heavy atom. The Balaban J connectivity index is 2.16. The summed E-state index contributed by atoms with van der Waals surface area (Å²) < 4.78 is 64.7. The Hall–Kier alpha value is -0.600. The normalized spacial score (nSPS) is 24.0. The van der Waals surface area contributed by atoms with Crippen LogP contribution in [0.5, 0.6) is 0 Å². The summed E-state index contributed by atoms with van der Waals surface area (Å²) in [5.41, 5.74) is -0.963. The second kappa shape index (κ2) is 6.26. The van der Waals surface area contributed by atoms with Gasteiger partial charge in [0.2, 0.25) is 10.0 Å². The van der Waals surface area contributed by atoms with Crippen LogP contribution in [0, 0.1) is 0 Å². The summed E-state index contributed by atoms with van der Waals surface area (Å²) in [5.74, 6) is 0. The van der Waals surface area contributed by atoms with Crippen molar-refractivity contribution in [3.8, 4) is 0 Å². The zero-order valence-electron chi connectivity index (χ0n) is 11.0. The Bertz CT molecular complexity index is 596. The van der Waals surface area contributed by atoms with E-state index in [2.05, 4.69) is 20.7 Å². The first-order chi connectivity index (χ1) is 9.68. The van der Waals surface area contributed by atoms with E-state index in [0.717, 1.165) is 25.0 Å². The van der Waals surface area contributed by atoms with Crippen LogP contribution >= 0.6 is 15.9 Å². The van der Waals surface area contributed by atoms with Crippen LogP contribution in [0.3, 0.4) is 0 Å². The van der Waals surface area contributed by atoms with Gasteiger partial charge in [0.25, 0.3) is 0 Å². The first kappa shape index (κ1) is 16.8. The molecule has 1 aliphatic rings. The van der Waals surface area contributed by atoms with Crippen LogP contribution in [0.15, 0.2) is 29.2 Å². The Labute approximate surface area is 130 Å². The third-order valence-corrected chi connectivity index (χ3v) is 5.88. The Kier molecular flexibility index (Phi) is 4.99. The summed E-state index contributed by atoms with van der Waals surface area (Å²) in [7, 11) is -3.93. The van der Waals surface area contributed by atoms with Crippen LogP contribution in [0.1, 0.15) is 31.2 Å². The van der Waals surface area contributed by atoms with Gasteiger partial charge >= 0.3 is 6.18 Å². The summed E-state index contributed by atoms with van der Waals surface area (Å²) in [6.45, 7) is 0. The summed E-state index contributed by atoms with van der Waals surface area (Å²) in [4.78, 5) is 0.0325. The number of hydrogen-bond acceptors (Lipinski definition) is 2. The lowest BCUT2D eigenvalue weighted by atomic mass is 9.96. The molecule has 21 heavy (non-hydrogen) atoms. The molecule has 0 aromatic heterocycles. The van der Waals surface area contributed by atoms with Crippen molar-refractivity contribution >= 4 is 26.0 Å². The third-order valence-electron chi connectivity index (χ3n) is 3.45. The average molecular weight is 386 g/mol. The molecule has 3 nitrogen and oxygen atoms in total. The molecule has 1 aliphatic carbocycles. The fourth-order valence-electron chi connectivity index (χ4n) is 2.30. The quantitative estimate of drug-likeness (QED) is 0.806. The van der Waals surface area contributed by atoms with E-state index in [1.807, 2.05) is 0 Å². The monoisotopic (exact) mass is 385 g/mol. The number of nitrogens with one attached hydrogen (secondary N) is 1. The molecule has 0 unspecified atom stereocenters. The van der Waals surface area contributed by atoms with Crippen LogP contribution in [-0.4, -0.2) is 19.3 Å². The second-order valence-corrected chi connectivity index (χ2v) is 8.10. The highest BCUT2D eigenvalue weighted by Crippen LogP contribution is 2.31. The van der Waals surface area contributed by atoms with Gasteiger partial charge in [-0.05, 0) is 43.9 Å². The van der Waals surface area contributed by atoms with Crippen molar-refractivity contribution < 1.29 is 21.6 Å². The molecule has 1 fully saturated rings. The molecule has 1 saturated carbocycles. The number of sulfonamides is 1. The van der Waals surface area contributed by atoms with E-state index in [9.17, 15) is 21.6 Å². The molecular formula is C13H15BrF3NO2S. The van der Waals surface area contributed by atoms with Gasteiger partial charge < -0.3 is 0 Å². The molecule has 118 valence electrons. The highest BCUT2D eigenvalue weighted by atomic mass is 79.9. The van der Waals surface area contributed by atoms with Gasteiger partial charge in [0.05, 0.1) is 10.5 Å². The Morgan fingerprint density at radius 1 is 1.14 bits per heavy atom. The molecule has 0 bridgehead atoms.